The van der Waals surface area contributed by atoms with E-state index in [1.807, 2.05) is 25.3 Å². The Hall–Kier alpha value is -2.55. The van der Waals surface area contributed by atoms with Crippen molar-refractivity contribution < 1.29 is 9.53 Å². The quantitative estimate of drug-likeness (QED) is 0.341. The summed E-state index contributed by atoms with van der Waals surface area (Å²) in [6, 6.07) is 11.7. The van der Waals surface area contributed by atoms with Gasteiger partial charge in [0, 0.05) is 51.4 Å². The lowest BCUT2D eigenvalue weighted by molar-refractivity contribution is -0.0200. The smallest absolute Gasteiger partial charge is 0.254 e. The van der Waals surface area contributed by atoms with Gasteiger partial charge in [-0.3, -0.25) is 9.59 Å². The van der Waals surface area contributed by atoms with E-state index in [1.54, 1.807) is 0 Å². The van der Waals surface area contributed by atoms with Gasteiger partial charge >= 0.3 is 0 Å². The van der Waals surface area contributed by atoms with Crippen LogP contribution in [0.3, 0.4) is 0 Å². The zero-order chi connectivity index (χ0) is 27.3. The number of aromatic amines is 1. The molecule has 3 fully saturated rings. The number of amides is 1. The third-order valence-electron chi connectivity index (χ3n) is 9.55. The Morgan fingerprint density at radius 2 is 2.00 bits per heavy atom. The first-order valence-electron chi connectivity index (χ1n) is 14.3. The van der Waals surface area contributed by atoms with Crippen molar-refractivity contribution in [2.24, 2.45) is 11.3 Å². The van der Waals surface area contributed by atoms with Crippen LogP contribution in [0.4, 0.5) is 0 Å². The van der Waals surface area contributed by atoms with Gasteiger partial charge in [-0.2, -0.15) is 0 Å². The molecule has 1 amide bonds. The first-order valence-corrected chi connectivity index (χ1v) is 15.5. The first kappa shape index (κ1) is 26.7. The highest BCUT2D eigenvalue weighted by Gasteiger charge is 2.54. The fourth-order valence-electron chi connectivity index (χ4n) is 7.16. The van der Waals surface area contributed by atoms with Gasteiger partial charge in [0.1, 0.15) is 0 Å². The molecule has 3 atom stereocenters. The minimum atomic E-state index is -0.142. The lowest BCUT2D eigenvalue weighted by Gasteiger charge is -2.43. The Morgan fingerprint density at radius 1 is 1.23 bits per heavy atom. The molecule has 2 aromatic heterocycles. The summed E-state index contributed by atoms with van der Waals surface area (Å²) in [6.45, 7) is 8.19. The molecule has 6 rings (SSSR count). The summed E-state index contributed by atoms with van der Waals surface area (Å²) in [4.78, 5) is 30.1. The number of para-hydroxylation sites is 1. The summed E-state index contributed by atoms with van der Waals surface area (Å²) in [5.41, 5.74) is 4.54. The summed E-state index contributed by atoms with van der Waals surface area (Å²) in [7, 11) is 0. The summed E-state index contributed by atoms with van der Waals surface area (Å²) < 4.78 is 7.81. The molecule has 39 heavy (non-hydrogen) atoms. The molecular weight excluding hydrogens is 508 g/mol. The van der Waals surface area contributed by atoms with Gasteiger partial charge in [-0.1, -0.05) is 18.2 Å². The molecule has 1 spiro atoms. The second kappa shape index (κ2) is 10.5. The normalized spacial score (nSPS) is 23.1. The Bertz CT molecular complexity index is 1450. The summed E-state index contributed by atoms with van der Waals surface area (Å²) in [6.07, 6.45) is 8.22. The first-order chi connectivity index (χ1) is 18.8. The van der Waals surface area contributed by atoms with Crippen LogP contribution in [0.1, 0.15) is 72.4 Å². The number of rotatable bonds is 8. The molecule has 1 saturated heterocycles. The zero-order valence-corrected chi connectivity index (χ0v) is 24.2. The van der Waals surface area contributed by atoms with E-state index in [0.717, 1.165) is 40.4 Å². The maximum atomic E-state index is 13.7. The Balaban J connectivity index is 1.25. The average molecular weight is 549 g/mol. The van der Waals surface area contributed by atoms with Crippen LogP contribution in [0.15, 0.2) is 40.0 Å². The molecular formula is C31H40N4O3S. The van der Waals surface area contributed by atoms with Crippen molar-refractivity contribution >= 4 is 28.6 Å². The maximum absolute atomic E-state index is 13.7. The average Bonchev–Trinajstić information content (AvgIpc) is 3.59. The largest absolute Gasteiger partial charge is 0.378 e. The van der Waals surface area contributed by atoms with E-state index in [4.69, 9.17) is 4.74 Å². The van der Waals surface area contributed by atoms with Gasteiger partial charge in [-0.25, -0.2) is 0 Å². The SMILES string of the molecule is CSc1cc(C)[nH]c(=O)c1CNC(=O)c1c(C)n([C@H](C)C2CCC(NC3COC3)C3(CC3)C2)c2ccccc12. The number of pyridine rings is 1. The molecule has 3 heterocycles. The van der Waals surface area contributed by atoms with E-state index in [2.05, 4.69) is 52.2 Å². The molecule has 3 aliphatic rings. The monoisotopic (exact) mass is 548 g/mol. The van der Waals surface area contributed by atoms with Gasteiger partial charge in [-0.15, -0.1) is 11.8 Å². The zero-order valence-electron chi connectivity index (χ0n) is 23.4. The second-order valence-corrected chi connectivity index (χ2v) is 12.8. The fraction of sp³-hybridized carbons (Fsp3) is 0.548. The van der Waals surface area contributed by atoms with E-state index in [-0.39, 0.29) is 18.0 Å². The number of H-pyrrole nitrogens is 1. The number of hydrogen-bond donors (Lipinski definition) is 3. The van der Waals surface area contributed by atoms with Crippen molar-refractivity contribution in [3.8, 4) is 0 Å². The highest BCUT2D eigenvalue weighted by atomic mass is 32.2. The number of carbonyl (C=O) groups is 1. The van der Waals surface area contributed by atoms with E-state index in [1.165, 1.54) is 43.9 Å². The van der Waals surface area contributed by atoms with Crippen molar-refractivity contribution in [3.63, 3.8) is 0 Å². The van der Waals surface area contributed by atoms with Crippen LogP contribution in [-0.4, -0.2) is 47.0 Å². The van der Waals surface area contributed by atoms with Crippen molar-refractivity contribution in [1.82, 2.24) is 20.2 Å². The van der Waals surface area contributed by atoms with Crippen molar-refractivity contribution in [2.75, 3.05) is 19.5 Å². The van der Waals surface area contributed by atoms with Gasteiger partial charge in [0.25, 0.3) is 11.5 Å². The van der Waals surface area contributed by atoms with E-state index >= 15 is 0 Å². The lowest BCUT2D eigenvalue weighted by Crippen LogP contribution is -2.54. The Kier molecular flexibility index (Phi) is 7.14. The summed E-state index contributed by atoms with van der Waals surface area (Å²) >= 11 is 1.53. The van der Waals surface area contributed by atoms with Gasteiger partial charge in [0.2, 0.25) is 0 Å². The number of nitrogens with one attached hydrogen (secondary N) is 3. The molecule has 2 saturated carbocycles. The third-order valence-corrected chi connectivity index (χ3v) is 10.4. The molecule has 1 aromatic carbocycles. The van der Waals surface area contributed by atoms with Crippen LogP contribution in [0, 0.1) is 25.2 Å². The minimum Gasteiger partial charge on any atom is -0.378 e. The number of ether oxygens (including phenoxy) is 1. The Labute approximate surface area is 234 Å². The molecule has 3 aromatic rings. The number of fused-ring (bicyclic) bond motifs is 1. The number of aromatic nitrogens is 2. The van der Waals surface area contributed by atoms with Crippen molar-refractivity contribution in [1.29, 1.82) is 0 Å². The van der Waals surface area contributed by atoms with Crippen LogP contribution in [-0.2, 0) is 11.3 Å². The number of thioether (sulfide) groups is 1. The van der Waals surface area contributed by atoms with E-state index in [0.29, 0.717) is 40.6 Å². The number of aryl methyl sites for hydroxylation is 1. The maximum Gasteiger partial charge on any atom is 0.254 e. The second-order valence-electron chi connectivity index (χ2n) is 12.0. The molecule has 2 aliphatic carbocycles. The highest BCUT2D eigenvalue weighted by molar-refractivity contribution is 7.98. The molecule has 7 nitrogen and oxygen atoms in total. The topological polar surface area (TPSA) is 88.2 Å². The molecule has 2 unspecified atom stereocenters. The minimum absolute atomic E-state index is 0.129. The van der Waals surface area contributed by atoms with Crippen LogP contribution in [0.2, 0.25) is 0 Å². The van der Waals surface area contributed by atoms with Gasteiger partial charge in [0.15, 0.2) is 0 Å². The number of carbonyl (C=O) groups excluding carboxylic acids is 1. The predicted molar refractivity (Wildman–Crippen MR) is 157 cm³/mol. The molecule has 3 N–H and O–H groups in total. The fourth-order valence-corrected chi connectivity index (χ4v) is 7.87. The van der Waals surface area contributed by atoms with Gasteiger partial charge in [0.05, 0.1) is 24.8 Å². The standard InChI is InChI=1S/C31H40N4O3S/c1-18-13-26(39-4)24(29(36)33-18)15-32-30(37)28-20(3)35(25-8-6-5-7-23(25)28)19(2)21-9-10-27(31(14-21)11-12-31)34-22-16-38-17-22/h5-8,13,19,21-22,27,34H,9-12,14-17H2,1-4H3,(H,32,37)(H,33,36)/t19-,21?,27?/m1/s1. The summed E-state index contributed by atoms with van der Waals surface area (Å²) in [5, 5.41) is 7.94. The molecule has 1 aliphatic heterocycles. The predicted octanol–water partition coefficient (Wildman–Crippen LogP) is 5.10. The number of hydrogen-bond acceptors (Lipinski definition) is 5. The van der Waals surface area contributed by atoms with E-state index in [9.17, 15) is 9.59 Å². The van der Waals surface area contributed by atoms with Crippen molar-refractivity contribution in [2.45, 2.75) is 82.4 Å². The molecule has 208 valence electrons. The molecule has 0 bridgehead atoms. The molecule has 8 heteroatoms. The van der Waals surface area contributed by atoms with Crippen LogP contribution in [0.25, 0.3) is 10.9 Å². The van der Waals surface area contributed by atoms with Gasteiger partial charge < -0.3 is 24.9 Å². The van der Waals surface area contributed by atoms with E-state index < -0.39 is 0 Å². The van der Waals surface area contributed by atoms with Crippen LogP contribution >= 0.6 is 11.8 Å². The van der Waals surface area contributed by atoms with Crippen LogP contribution in [0.5, 0.6) is 0 Å². The van der Waals surface area contributed by atoms with Gasteiger partial charge in [-0.05, 0) is 82.6 Å². The highest BCUT2D eigenvalue weighted by Crippen LogP contribution is 2.59. The van der Waals surface area contributed by atoms with Crippen molar-refractivity contribution in [3.05, 3.63) is 63.2 Å². The number of benzene rings is 1. The summed E-state index contributed by atoms with van der Waals surface area (Å²) in [5.74, 6) is 0.444. The number of nitrogens with zero attached hydrogens (tertiary/aromatic N) is 1. The Morgan fingerprint density at radius 3 is 2.69 bits per heavy atom. The molecule has 0 radical (unpaired) electrons. The third kappa shape index (κ3) is 4.85. The lowest BCUT2D eigenvalue weighted by atomic mass is 9.72. The van der Waals surface area contributed by atoms with Crippen LogP contribution < -0.4 is 16.2 Å².